The third-order valence-corrected chi connectivity index (χ3v) is 3.33. The van der Waals surface area contributed by atoms with Crippen molar-refractivity contribution in [3.63, 3.8) is 0 Å². The predicted molar refractivity (Wildman–Crippen MR) is 87.7 cm³/mol. The second-order valence-corrected chi connectivity index (χ2v) is 5.34. The number of benzene rings is 2. The molecule has 2 aromatic rings. The molecule has 1 amide bonds. The molecule has 0 radical (unpaired) electrons. The number of nitrogens with one attached hydrogen (secondary N) is 1. The second-order valence-electron chi connectivity index (χ2n) is 5.34. The van der Waals surface area contributed by atoms with Gasteiger partial charge >= 0.3 is 12.3 Å². The van der Waals surface area contributed by atoms with Crippen molar-refractivity contribution in [1.82, 2.24) is 0 Å². The Hall–Kier alpha value is -3.49. The van der Waals surface area contributed by atoms with Crippen LogP contribution >= 0.6 is 0 Å². The smallest absolute Gasteiger partial charge is 0.452 e. The summed E-state index contributed by atoms with van der Waals surface area (Å²) in [5, 5.41) is 2.36. The molecule has 0 saturated carbocycles. The molecule has 0 unspecified atom stereocenters. The number of ether oxygens (including phenoxy) is 3. The van der Waals surface area contributed by atoms with Crippen molar-refractivity contribution in [1.29, 1.82) is 0 Å². The number of amides is 1. The zero-order chi connectivity index (χ0) is 19.4. The highest BCUT2D eigenvalue weighted by molar-refractivity contribution is 5.94. The van der Waals surface area contributed by atoms with E-state index in [-0.39, 0.29) is 22.7 Å². The van der Waals surface area contributed by atoms with Gasteiger partial charge in [0.2, 0.25) is 0 Å². The Morgan fingerprint density at radius 2 is 1.85 bits per heavy atom. The van der Waals surface area contributed by atoms with Gasteiger partial charge in [-0.3, -0.25) is 4.79 Å². The lowest BCUT2D eigenvalue weighted by atomic mass is 10.2. The first-order valence-corrected chi connectivity index (χ1v) is 7.61. The number of fused-ring (bicyclic) bond motifs is 1. The minimum atomic E-state index is -3.76. The summed E-state index contributed by atoms with van der Waals surface area (Å²) in [5.41, 5.74) is 0.342. The summed E-state index contributed by atoms with van der Waals surface area (Å²) in [4.78, 5) is 23.4. The number of rotatable bonds is 5. The van der Waals surface area contributed by atoms with Crippen molar-refractivity contribution in [2.24, 2.45) is 0 Å². The molecule has 27 heavy (non-hydrogen) atoms. The fraction of sp³-hybridized carbons (Fsp3) is 0.111. The first-order chi connectivity index (χ1) is 12.8. The molecular formula is C18H12F3NO5. The molecule has 0 bridgehead atoms. The van der Waals surface area contributed by atoms with Gasteiger partial charge in [0, 0.05) is 23.4 Å². The summed E-state index contributed by atoms with van der Waals surface area (Å²) in [7, 11) is 0. The van der Waals surface area contributed by atoms with Crippen LogP contribution in [-0.4, -0.2) is 24.8 Å². The summed E-state index contributed by atoms with van der Waals surface area (Å²) in [6.07, 6.45) is -1.56. The summed E-state index contributed by atoms with van der Waals surface area (Å²) in [5.74, 6) is -2.45. The van der Waals surface area contributed by atoms with E-state index < -0.39 is 30.6 Å². The van der Waals surface area contributed by atoms with E-state index >= 15 is 0 Å². The maximum atomic E-state index is 13.4. The Labute approximate surface area is 151 Å². The van der Waals surface area contributed by atoms with E-state index in [1.807, 2.05) is 0 Å². The van der Waals surface area contributed by atoms with Crippen LogP contribution in [0.15, 0.2) is 48.5 Å². The number of alkyl halides is 2. The lowest BCUT2D eigenvalue weighted by molar-refractivity contribution is -0.286. The standard InChI is InChI=1S/C18H12F3NO5/c19-13-4-2-1-3-11(13)5-8-17(24)25-10-16(23)22-12-6-7-14-15(9-12)27-18(20,21)26-14/h1-9H,10H2,(H,22,23)/b8-5+. The van der Waals surface area contributed by atoms with Gasteiger partial charge in [-0.2, -0.15) is 0 Å². The fourth-order valence-electron chi connectivity index (χ4n) is 2.18. The zero-order valence-corrected chi connectivity index (χ0v) is 13.6. The van der Waals surface area contributed by atoms with Crippen LogP contribution in [-0.2, 0) is 14.3 Å². The van der Waals surface area contributed by atoms with Gasteiger partial charge in [-0.15, -0.1) is 8.78 Å². The third-order valence-electron chi connectivity index (χ3n) is 3.33. The molecule has 2 aromatic carbocycles. The number of esters is 1. The van der Waals surface area contributed by atoms with Crippen molar-refractivity contribution >= 4 is 23.6 Å². The van der Waals surface area contributed by atoms with Gasteiger partial charge in [0.25, 0.3) is 5.91 Å². The largest absolute Gasteiger partial charge is 0.586 e. The second kappa shape index (κ2) is 7.40. The average Bonchev–Trinajstić information content (AvgIpc) is 2.92. The maximum Gasteiger partial charge on any atom is 0.586 e. The number of hydrogen-bond donors (Lipinski definition) is 1. The van der Waals surface area contributed by atoms with Crippen molar-refractivity contribution in [3.05, 3.63) is 59.9 Å². The van der Waals surface area contributed by atoms with Crippen LogP contribution in [0.4, 0.5) is 18.9 Å². The molecule has 140 valence electrons. The molecule has 1 aliphatic heterocycles. The Balaban J connectivity index is 1.50. The van der Waals surface area contributed by atoms with E-state index in [0.29, 0.717) is 0 Å². The van der Waals surface area contributed by atoms with E-state index in [9.17, 15) is 22.8 Å². The number of halogens is 3. The zero-order valence-electron chi connectivity index (χ0n) is 13.6. The Morgan fingerprint density at radius 1 is 1.11 bits per heavy atom. The molecule has 0 saturated heterocycles. The van der Waals surface area contributed by atoms with Crippen LogP contribution in [0.1, 0.15) is 5.56 Å². The molecule has 0 fully saturated rings. The van der Waals surface area contributed by atoms with E-state index in [1.54, 1.807) is 6.07 Å². The molecule has 1 aliphatic rings. The van der Waals surface area contributed by atoms with Gasteiger partial charge in [-0.25, -0.2) is 9.18 Å². The van der Waals surface area contributed by atoms with Crippen LogP contribution in [0.2, 0.25) is 0 Å². The van der Waals surface area contributed by atoms with Gasteiger partial charge in [-0.05, 0) is 24.3 Å². The number of carbonyl (C=O) groups is 2. The van der Waals surface area contributed by atoms with Crippen molar-refractivity contribution < 1.29 is 37.0 Å². The highest BCUT2D eigenvalue weighted by Gasteiger charge is 2.43. The summed E-state index contributed by atoms with van der Waals surface area (Å²) in [6.45, 7) is -0.620. The molecule has 1 N–H and O–H groups in total. The van der Waals surface area contributed by atoms with Crippen LogP contribution < -0.4 is 14.8 Å². The fourth-order valence-corrected chi connectivity index (χ4v) is 2.18. The topological polar surface area (TPSA) is 73.9 Å². The van der Waals surface area contributed by atoms with E-state index in [4.69, 9.17) is 4.74 Å². The SMILES string of the molecule is O=C(COC(=O)/C=C/c1ccccc1F)Nc1ccc2c(c1)OC(F)(F)O2. The van der Waals surface area contributed by atoms with Crippen molar-refractivity contribution in [2.75, 3.05) is 11.9 Å². The van der Waals surface area contributed by atoms with Crippen LogP contribution in [0.25, 0.3) is 6.08 Å². The molecular weight excluding hydrogens is 367 g/mol. The van der Waals surface area contributed by atoms with Crippen LogP contribution in [0, 0.1) is 5.82 Å². The molecule has 6 nitrogen and oxygen atoms in total. The molecule has 1 heterocycles. The minimum Gasteiger partial charge on any atom is -0.452 e. The summed E-state index contributed by atoms with van der Waals surface area (Å²) < 4.78 is 52.5. The van der Waals surface area contributed by atoms with Gasteiger partial charge < -0.3 is 19.5 Å². The number of anilines is 1. The highest BCUT2D eigenvalue weighted by atomic mass is 19.3. The lowest BCUT2D eigenvalue weighted by Crippen LogP contribution is -2.25. The Kier molecular flexibility index (Phi) is 5.02. The van der Waals surface area contributed by atoms with Gasteiger partial charge in [-0.1, -0.05) is 18.2 Å². The first-order valence-electron chi connectivity index (χ1n) is 7.61. The van der Waals surface area contributed by atoms with Gasteiger partial charge in [0.05, 0.1) is 0 Å². The number of hydrogen-bond acceptors (Lipinski definition) is 5. The van der Waals surface area contributed by atoms with Gasteiger partial charge in [0.15, 0.2) is 18.1 Å². The highest BCUT2D eigenvalue weighted by Crippen LogP contribution is 2.42. The molecule has 0 aliphatic carbocycles. The monoisotopic (exact) mass is 379 g/mol. The maximum absolute atomic E-state index is 13.4. The normalized spacial score (nSPS) is 14.2. The Morgan fingerprint density at radius 3 is 2.63 bits per heavy atom. The van der Waals surface area contributed by atoms with Crippen LogP contribution in [0.5, 0.6) is 11.5 Å². The van der Waals surface area contributed by atoms with Crippen LogP contribution in [0.3, 0.4) is 0 Å². The average molecular weight is 379 g/mol. The van der Waals surface area contributed by atoms with Crippen molar-refractivity contribution in [3.8, 4) is 11.5 Å². The van der Waals surface area contributed by atoms with E-state index in [1.165, 1.54) is 36.4 Å². The summed E-state index contributed by atoms with van der Waals surface area (Å²) in [6, 6.07) is 9.48. The molecule has 0 spiro atoms. The molecule has 9 heteroatoms. The molecule has 0 atom stereocenters. The quantitative estimate of drug-likeness (QED) is 0.637. The number of carbonyl (C=O) groups excluding carboxylic acids is 2. The van der Waals surface area contributed by atoms with Crippen molar-refractivity contribution in [2.45, 2.75) is 6.29 Å². The van der Waals surface area contributed by atoms with E-state index in [2.05, 4.69) is 14.8 Å². The predicted octanol–water partition coefficient (Wildman–Crippen LogP) is 3.34. The van der Waals surface area contributed by atoms with E-state index in [0.717, 1.165) is 12.1 Å². The lowest BCUT2D eigenvalue weighted by Gasteiger charge is -2.06. The summed E-state index contributed by atoms with van der Waals surface area (Å²) >= 11 is 0. The third kappa shape index (κ3) is 4.78. The molecule has 3 rings (SSSR count). The molecule has 0 aromatic heterocycles. The first kappa shape index (κ1) is 18.3. The Bertz CT molecular complexity index is 914. The van der Waals surface area contributed by atoms with Gasteiger partial charge in [0.1, 0.15) is 5.82 Å². The minimum absolute atomic E-state index is 0.151.